The monoisotopic (exact) mass is 411 g/mol. The van der Waals surface area contributed by atoms with E-state index in [0.717, 1.165) is 0 Å². The maximum atomic E-state index is 13.0. The van der Waals surface area contributed by atoms with Crippen molar-refractivity contribution < 1.29 is 24.2 Å². The number of Topliss-reactive ketones (excluding diaryl/α,β-unsaturated/α-hetero) is 1. The number of amides is 1. The van der Waals surface area contributed by atoms with E-state index in [-0.39, 0.29) is 16.9 Å². The van der Waals surface area contributed by atoms with Gasteiger partial charge in [0.05, 0.1) is 25.8 Å². The molecule has 3 rings (SSSR count). The van der Waals surface area contributed by atoms with E-state index >= 15 is 0 Å². The maximum Gasteiger partial charge on any atom is 0.295 e. The minimum Gasteiger partial charge on any atom is -0.506 e. The van der Waals surface area contributed by atoms with Gasteiger partial charge in [-0.15, -0.1) is 0 Å². The molecule has 1 atom stereocenters. The molecule has 0 aliphatic carbocycles. The molecular formula is C22H25N3O5. The van der Waals surface area contributed by atoms with Crippen LogP contribution in [-0.4, -0.2) is 73.0 Å². The number of hydrogen-bond acceptors (Lipinski definition) is 7. The zero-order chi connectivity index (χ0) is 21.8. The first-order chi connectivity index (χ1) is 14.4. The minimum atomic E-state index is -0.749. The average Bonchev–Trinajstić information content (AvgIpc) is 3.01. The van der Waals surface area contributed by atoms with E-state index in [1.54, 1.807) is 42.7 Å². The molecule has 2 aromatic rings. The number of ether oxygens (including phenoxy) is 2. The van der Waals surface area contributed by atoms with Crippen LogP contribution in [0, 0.1) is 0 Å². The Morgan fingerprint density at radius 2 is 1.70 bits per heavy atom. The molecule has 0 radical (unpaired) electrons. The number of ketones is 1. The summed E-state index contributed by atoms with van der Waals surface area (Å²) >= 11 is 0. The van der Waals surface area contributed by atoms with E-state index < -0.39 is 17.7 Å². The molecule has 1 saturated heterocycles. The van der Waals surface area contributed by atoms with Gasteiger partial charge in [-0.25, -0.2) is 0 Å². The molecule has 2 heterocycles. The number of likely N-dealkylation sites (tertiary alicyclic amines) is 1. The molecule has 1 aromatic heterocycles. The summed E-state index contributed by atoms with van der Waals surface area (Å²) in [6.45, 7) is 0.886. The van der Waals surface area contributed by atoms with Crippen molar-refractivity contribution in [3.8, 4) is 11.5 Å². The van der Waals surface area contributed by atoms with E-state index in [4.69, 9.17) is 9.47 Å². The lowest BCUT2D eigenvalue weighted by atomic mass is 9.95. The highest BCUT2D eigenvalue weighted by Crippen LogP contribution is 2.43. The van der Waals surface area contributed by atoms with E-state index in [1.807, 2.05) is 19.0 Å². The summed E-state index contributed by atoms with van der Waals surface area (Å²) in [7, 11) is 6.69. The number of likely N-dealkylation sites (N-methyl/N-ethyl adjacent to an activating group) is 1. The van der Waals surface area contributed by atoms with Crippen LogP contribution in [0.5, 0.6) is 11.5 Å². The van der Waals surface area contributed by atoms with Crippen LogP contribution in [0.15, 0.2) is 48.3 Å². The lowest BCUT2D eigenvalue weighted by molar-refractivity contribution is -0.140. The van der Waals surface area contributed by atoms with E-state index in [0.29, 0.717) is 30.2 Å². The molecule has 1 aliphatic rings. The van der Waals surface area contributed by atoms with Crippen molar-refractivity contribution in [2.45, 2.75) is 6.04 Å². The number of aliphatic hydroxyl groups is 1. The smallest absolute Gasteiger partial charge is 0.295 e. The number of pyridine rings is 1. The quantitative estimate of drug-likeness (QED) is 0.424. The first-order valence-corrected chi connectivity index (χ1v) is 9.45. The van der Waals surface area contributed by atoms with Gasteiger partial charge in [-0.05, 0) is 43.9 Å². The predicted octanol–water partition coefficient (Wildman–Crippen LogP) is 2.08. The SMILES string of the molecule is COc1cccc(OC)c1/C(O)=C1\C(=O)C(=O)N(CCN(C)C)C1c1ccncc1. The Morgan fingerprint density at radius 1 is 1.10 bits per heavy atom. The number of carbonyl (C=O) groups is 2. The summed E-state index contributed by atoms with van der Waals surface area (Å²) in [5, 5.41) is 11.3. The Labute approximate surface area is 175 Å². The number of methoxy groups -OCH3 is 2. The topological polar surface area (TPSA) is 92.2 Å². The third-order valence-corrected chi connectivity index (χ3v) is 5.01. The van der Waals surface area contributed by atoms with Crippen molar-refractivity contribution in [2.24, 2.45) is 0 Å². The van der Waals surface area contributed by atoms with Crippen LogP contribution in [-0.2, 0) is 9.59 Å². The number of nitrogens with zero attached hydrogens (tertiary/aromatic N) is 3. The Kier molecular flexibility index (Phi) is 6.37. The normalized spacial score (nSPS) is 18.2. The van der Waals surface area contributed by atoms with E-state index in [9.17, 15) is 14.7 Å². The van der Waals surface area contributed by atoms with Crippen molar-refractivity contribution in [3.05, 3.63) is 59.4 Å². The Balaban J connectivity index is 2.23. The number of aromatic nitrogens is 1. The molecule has 158 valence electrons. The Morgan fingerprint density at radius 3 is 2.23 bits per heavy atom. The van der Waals surface area contributed by atoms with Crippen LogP contribution >= 0.6 is 0 Å². The molecule has 1 aromatic carbocycles. The highest BCUT2D eigenvalue weighted by atomic mass is 16.5. The summed E-state index contributed by atoms with van der Waals surface area (Å²) in [5.74, 6) is -1.08. The molecule has 30 heavy (non-hydrogen) atoms. The van der Waals surface area contributed by atoms with Crippen molar-refractivity contribution in [3.63, 3.8) is 0 Å². The van der Waals surface area contributed by atoms with Crippen LogP contribution in [0.2, 0.25) is 0 Å². The van der Waals surface area contributed by atoms with E-state index in [2.05, 4.69) is 4.98 Å². The van der Waals surface area contributed by atoms with Gasteiger partial charge >= 0.3 is 0 Å². The molecule has 0 spiro atoms. The molecule has 0 bridgehead atoms. The molecular weight excluding hydrogens is 386 g/mol. The second-order valence-corrected chi connectivity index (χ2v) is 7.11. The fraction of sp³-hybridized carbons (Fsp3) is 0.318. The summed E-state index contributed by atoms with van der Waals surface area (Å²) in [5.41, 5.74) is 0.901. The lowest BCUT2D eigenvalue weighted by Gasteiger charge is -2.26. The summed E-state index contributed by atoms with van der Waals surface area (Å²) in [6.07, 6.45) is 3.18. The standard InChI is InChI=1S/C22H25N3O5/c1-24(2)12-13-25-19(14-8-10-23-11-9-14)18(21(27)22(25)28)20(26)17-15(29-3)6-5-7-16(17)30-4/h5-11,19,26H,12-13H2,1-4H3/b20-18+. The van der Waals surface area contributed by atoms with Gasteiger partial charge in [0, 0.05) is 25.5 Å². The van der Waals surface area contributed by atoms with Crippen LogP contribution < -0.4 is 9.47 Å². The maximum absolute atomic E-state index is 13.0. The minimum absolute atomic E-state index is 0.00671. The lowest BCUT2D eigenvalue weighted by Crippen LogP contribution is -2.35. The largest absolute Gasteiger partial charge is 0.506 e. The number of benzene rings is 1. The van der Waals surface area contributed by atoms with Crippen molar-refractivity contribution in [1.29, 1.82) is 0 Å². The summed E-state index contributed by atoms with van der Waals surface area (Å²) < 4.78 is 10.8. The molecule has 1 amide bonds. The molecule has 0 saturated carbocycles. The van der Waals surface area contributed by atoms with Gasteiger partial charge in [0.1, 0.15) is 22.8 Å². The molecule has 1 unspecified atom stereocenters. The molecule has 8 nitrogen and oxygen atoms in total. The first kappa shape index (κ1) is 21.3. The highest BCUT2D eigenvalue weighted by Gasteiger charge is 2.46. The second-order valence-electron chi connectivity index (χ2n) is 7.11. The summed E-state index contributed by atoms with van der Waals surface area (Å²) in [4.78, 5) is 33.4. The van der Waals surface area contributed by atoms with E-state index in [1.165, 1.54) is 19.1 Å². The van der Waals surface area contributed by atoms with Gasteiger partial charge < -0.3 is 24.4 Å². The Hall–Kier alpha value is -3.39. The van der Waals surface area contributed by atoms with Gasteiger partial charge in [0.25, 0.3) is 11.7 Å². The number of rotatable bonds is 7. The summed E-state index contributed by atoms with van der Waals surface area (Å²) in [6, 6.07) is 7.73. The van der Waals surface area contributed by atoms with Crippen molar-refractivity contribution in [1.82, 2.24) is 14.8 Å². The molecule has 8 heteroatoms. The average molecular weight is 411 g/mol. The van der Waals surface area contributed by atoms with Gasteiger partial charge in [-0.2, -0.15) is 0 Å². The Bertz CT molecular complexity index is 950. The number of carbonyl (C=O) groups excluding carboxylic acids is 2. The van der Waals surface area contributed by atoms with Crippen molar-refractivity contribution >= 4 is 17.4 Å². The first-order valence-electron chi connectivity index (χ1n) is 9.45. The second kappa shape index (κ2) is 8.96. The van der Waals surface area contributed by atoms with Crippen LogP contribution in [0.1, 0.15) is 17.2 Å². The zero-order valence-electron chi connectivity index (χ0n) is 17.5. The van der Waals surface area contributed by atoms with Crippen LogP contribution in [0.25, 0.3) is 5.76 Å². The predicted molar refractivity (Wildman–Crippen MR) is 111 cm³/mol. The zero-order valence-corrected chi connectivity index (χ0v) is 17.5. The number of aliphatic hydroxyl groups excluding tert-OH is 1. The molecule has 1 N–H and O–H groups in total. The third kappa shape index (κ3) is 3.86. The molecule has 1 fully saturated rings. The molecule has 1 aliphatic heterocycles. The van der Waals surface area contributed by atoms with Gasteiger partial charge in [0.2, 0.25) is 0 Å². The number of hydrogen-bond donors (Lipinski definition) is 1. The highest BCUT2D eigenvalue weighted by molar-refractivity contribution is 6.46. The third-order valence-electron chi connectivity index (χ3n) is 5.01. The van der Waals surface area contributed by atoms with Crippen molar-refractivity contribution in [2.75, 3.05) is 41.4 Å². The fourth-order valence-corrected chi connectivity index (χ4v) is 3.53. The van der Waals surface area contributed by atoms with Crippen LogP contribution in [0.4, 0.5) is 0 Å². The van der Waals surface area contributed by atoms with Gasteiger partial charge in [0.15, 0.2) is 0 Å². The van der Waals surface area contributed by atoms with Crippen LogP contribution in [0.3, 0.4) is 0 Å². The van der Waals surface area contributed by atoms with Gasteiger partial charge in [-0.3, -0.25) is 14.6 Å². The fourth-order valence-electron chi connectivity index (χ4n) is 3.53. The van der Waals surface area contributed by atoms with Gasteiger partial charge in [-0.1, -0.05) is 6.07 Å².